The summed E-state index contributed by atoms with van der Waals surface area (Å²) in [7, 11) is 0. The maximum Gasteiger partial charge on any atom is 0.0250 e. The van der Waals surface area contributed by atoms with Crippen molar-refractivity contribution in [2.45, 2.75) is 6.42 Å². The summed E-state index contributed by atoms with van der Waals surface area (Å²) in [5, 5.41) is 0. The van der Waals surface area contributed by atoms with E-state index in [2.05, 4.69) is 46.3 Å². The van der Waals surface area contributed by atoms with E-state index in [9.17, 15) is 0 Å². The van der Waals surface area contributed by atoms with Crippen LogP contribution in [0.2, 0.25) is 0 Å². The molecule has 1 aromatic rings. The van der Waals surface area contributed by atoms with Gasteiger partial charge in [0.2, 0.25) is 0 Å². The molecule has 0 aliphatic heterocycles. The van der Waals surface area contributed by atoms with E-state index < -0.39 is 0 Å². The van der Waals surface area contributed by atoms with Crippen molar-refractivity contribution in [2.75, 3.05) is 0 Å². The van der Waals surface area contributed by atoms with Gasteiger partial charge in [0.1, 0.15) is 0 Å². The average molecular weight is 273 g/mol. The van der Waals surface area contributed by atoms with E-state index in [4.69, 9.17) is 0 Å². The van der Waals surface area contributed by atoms with Crippen LogP contribution in [-0.2, 0) is 0 Å². The number of rotatable bonds is 1. The first-order valence-corrected chi connectivity index (χ1v) is 7.12. The van der Waals surface area contributed by atoms with Gasteiger partial charge in [-0.1, -0.05) is 40.2 Å². The highest BCUT2D eigenvalue weighted by molar-refractivity contribution is 9.10. The first kappa shape index (κ1) is 8.52. The predicted molar refractivity (Wildman–Crippen MR) is 67.7 cm³/mol. The fraction of sp³-hybridized carbons (Fsp3) is 0.467. The molecule has 0 N–H and O–H groups in total. The largest absolute Gasteiger partial charge is 0.0767 e. The van der Waals surface area contributed by atoms with Crippen molar-refractivity contribution < 1.29 is 0 Å². The second-order valence-corrected chi connectivity index (χ2v) is 6.78. The summed E-state index contributed by atoms with van der Waals surface area (Å²) in [6, 6.07) is 8.74. The maximum absolute atomic E-state index is 3.70. The molecule has 1 heteroatoms. The topological polar surface area (TPSA) is 0 Å². The molecule has 4 saturated carbocycles. The fourth-order valence-electron chi connectivity index (χ4n) is 5.17. The summed E-state index contributed by atoms with van der Waals surface area (Å²) in [6.45, 7) is 0. The highest BCUT2D eigenvalue weighted by atomic mass is 79.9. The van der Waals surface area contributed by atoms with Gasteiger partial charge in [-0.2, -0.15) is 0 Å². The third-order valence-corrected chi connectivity index (χ3v) is 6.26. The van der Waals surface area contributed by atoms with Crippen molar-refractivity contribution in [1.82, 2.24) is 0 Å². The molecule has 4 fully saturated rings. The van der Waals surface area contributed by atoms with Crippen LogP contribution in [0.5, 0.6) is 0 Å². The van der Waals surface area contributed by atoms with Crippen molar-refractivity contribution in [3.8, 4) is 0 Å². The van der Waals surface area contributed by atoms with Crippen molar-refractivity contribution in [3.05, 3.63) is 40.4 Å². The molecule has 0 amide bonds. The Morgan fingerprint density at radius 2 is 1.94 bits per heavy atom. The summed E-state index contributed by atoms with van der Waals surface area (Å²) in [4.78, 5) is 0. The molecule has 5 aliphatic carbocycles. The molecule has 0 nitrogen and oxygen atoms in total. The van der Waals surface area contributed by atoms with Gasteiger partial charge in [0, 0.05) is 4.47 Å². The van der Waals surface area contributed by atoms with E-state index in [1.807, 2.05) is 0 Å². The number of halogens is 1. The zero-order chi connectivity index (χ0) is 10.4. The number of hydrogen-bond donors (Lipinski definition) is 0. The molecule has 0 heterocycles. The van der Waals surface area contributed by atoms with Gasteiger partial charge in [-0.15, -0.1) is 0 Å². The number of allylic oxidation sites excluding steroid dienone is 2. The van der Waals surface area contributed by atoms with Gasteiger partial charge in [0.15, 0.2) is 0 Å². The van der Waals surface area contributed by atoms with Crippen LogP contribution < -0.4 is 0 Å². The standard InChI is InChI=1S/C15H13Br/c16-12-4-2-1-3-7(12)8-5-9-10-6-11-14(9)15(11)13(8)10/h1-5,9-11,13-15H,6H2. The van der Waals surface area contributed by atoms with Gasteiger partial charge in [-0.25, -0.2) is 0 Å². The van der Waals surface area contributed by atoms with E-state index in [0.29, 0.717) is 0 Å². The van der Waals surface area contributed by atoms with E-state index in [1.165, 1.54) is 16.5 Å². The van der Waals surface area contributed by atoms with Gasteiger partial charge < -0.3 is 0 Å². The molecule has 0 spiro atoms. The first-order chi connectivity index (χ1) is 7.86. The van der Waals surface area contributed by atoms with Crippen LogP contribution in [0.3, 0.4) is 0 Å². The Balaban J connectivity index is 1.67. The summed E-state index contributed by atoms with van der Waals surface area (Å²) in [5.74, 6) is 6.24. The first-order valence-electron chi connectivity index (χ1n) is 6.33. The lowest BCUT2D eigenvalue weighted by atomic mass is 9.90. The number of hydrogen-bond acceptors (Lipinski definition) is 0. The molecule has 16 heavy (non-hydrogen) atoms. The normalized spacial score (nSPS) is 49.7. The molecule has 6 unspecified atom stereocenters. The van der Waals surface area contributed by atoms with Crippen LogP contribution in [0.15, 0.2) is 34.8 Å². The minimum Gasteiger partial charge on any atom is -0.0767 e. The van der Waals surface area contributed by atoms with Crippen LogP contribution in [-0.4, -0.2) is 0 Å². The molecule has 5 aliphatic rings. The Hall–Kier alpha value is -0.560. The fourth-order valence-corrected chi connectivity index (χ4v) is 5.69. The maximum atomic E-state index is 3.70. The van der Waals surface area contributed by atoms with E-state index >= 15 is 0 Å². The predicted octanol–water partition coefficient (Wildman–Crippen LogP) is 3.97. The molecule has 0 radical (unpaired) electrons. The lowest BCUT2D eigenvalue weighted by molar-refractivity contribution is 0.476. The van der Waals surface area contributed by atoms with E-state index in [-0.39, 0.29) is 0 Å². The van der Waals surface area contributed by atoms with E-state index in [1.54, 1.807) is 5.57 Å². The Kier molecular flexibility index (Phi) is 1.32. The molecule has 0 aromatic heterocycles. The summed E-state index contributed by atoms with van der Waals surface area (Å²) >= 11 is 3.70. The van der Waals surface area contributed by atoms with Gasteiger partial charge in [-0.05, 0) is 59.1 Å². The smallest absolute Gasteiger partial charge is 0.0250 e. The molecule has 6 atom stereocenters. The Morgan fingerprint density at radius 1 is 1.06 bits per heavy atom. The SMILES string of the molecule is Brc1ccccc1C1=CC2C3CC4C2C4C13. The Bertz CT molecular complexity index is 530. The minimum absolute atomic E-state index is 0.929. The summed E-state index contributed by atoms with van der Waals surface area (Å²) in [6.07, 6.45) is 4.15. The summed E-state index contributed by atoms with van der Waals surface area (Å²) < 4.78 is 1.28. The summed E-state index contributed by atoms with van der Waals surface area (Å²) in [5.41, 5.74) is 3.13. The van der Waals surface area contributed by atoms with Gasteiger partial charge >= 0.3 is 0 Å². The molecule has 1 aromatic carbocycles. The van der Waals surface area contributed by atoms with Crippen molar-refractivity contribution in [3.63, 3.8) is 0 Å². The van der Waals surface area contributed by atoms with Crippen LogP contribution in [0.1, 0.15) is 12.0 Å². The number of benzene rings is 1. The Labute approximate surface area is 104 Å². The lowest BCUT2D eigenvalue weighted by Crippen LogP contribution is -2.04. The van der Waals surface area contributed by atoms with Crippen molar-refractivity contribution in [1.29, 1.82) is 0 Å². The third kappa shape index (κ3) is 0.756. The second-order valence-electron chi connectivity index (χ2n) is 5.92. The third-order valence-electron chi connectivity index (χ3n) is 5.57. The van der Waals surface area contributed by atoms with Gasteiger partial charge in [-0.3, -0.25) is 0 Å². The highest BCUT2D eigenvalue weighted by Gasteiger charge is 2.75. The van der Waals surface area contributed by atoms with Crippen LogP contribution in [0.25, 0.3) is 5.57 Å². The lowest BCUT2D eigenvalue weighted by Gasteiger charge is -2.16. The molecule has 0 saturated heterocycles. The monoisotopic (exact) mass is 272 g/mol. The van der Waals surface area contributed by atoms with Crippen LogP contribution >= 0.6 is 15.9 Å². The highest BCUT2D eigenvalue weighted by Crippen LogP contribution is 2.81. The molecule has 6 rings (SSSR count). The van der Waals surface area contributed by atoms with Crippen molar-refractivity contribution >= 4 is 21.5 Å². The second kappa shape index (κ2) is 2.48. The minimum atomic E-state index is 0.929. The van der Waals surface area contributed by atoms with Crippen LogP contribution in [0.4, 0.5) is 0 Å². The quantitative estimate of drug-likeness (QED) is 0.726. The zero-order valence-electron chi connectivity index (χ0n) is 8.94. The molecule has 6 bridgehead atoms. The Morgan fingerprint density at radius 3 is 2.62 bits per heavy atom. The molecule has 80 valence electrons. The van der Waals surface area contributed by atoms with Gasteiger partial charge in [0.25, 0.3) is 0 Å². The van der Waals surface area contributed by atoms with Crippen LogP contribution in [0, 0.1) is 35.5 Å². The van der Waals surface area contributed by atoms with Crippen molar-refractivity contribution in [2.24, 2.45) is 35.5 Å². The molecular formula is C15H13Br. The van der Waals surface area contributed by atoms with E-state index in [0.717, 1.165) is 35.5 Å². The van der Waals surface area contributed by atoms with Gasteiger partial charge in [0.05, 0.1) is 0 Å². The zero-order valence-corrected chi connectivity index (χ0v) is 10.5. The average Bonchev–Trinajstić information content (AvgIpc) is 2.69. The molecular weight excluding hydrogens is 260 g/mol.